The minimum Gasteiger partial charge on any atom is -0.363 e. The van der Waals surface area contributed by atoms with Gasteiger partial charge in [0.25, 0.3) is 0 Å². The molecule has 1 N–H and O–H groups in total. The van der Waals surface area contributed by atoms with Gasteiger partial charge in [-0.15, -0.1) is 0 Å². The number of rotatable bonds is 2. The lowest BCUT2D eigenvalue weighted by molar-refractivity contribution is 0.402. The second-order valence-electron chi connectivity index (χ2n) is 4.80. The van der Waals surface area contributed by atoms with Gasteiger partial charge in [0.2, 0.25) is 0 Å². The third-order valence-electron chi connectivity index (χ3n) is 3.38. The molecular weight excluding hydrogens is 200 g/mol. The highest BCUT2D eigenvalue weighted by Gasteiger charge is 2.26. The Balaban J connectivity index is 2.25. The average molecular weight is 222 g/mol. The molecule has 0 radical (unpaired) electrons. The average Bonchev–Trinajstić information content (AvgIpc) is 2.57. The van der Waals surface area contributed by atoms with Crippen molar-refractivity contribution in [2.75, 3.05) is 18.0 Å². The molecule has 16 heavy (non-hydrogen) atoms. The van der Waals surface area contributed by atoms with Gasteiger partial charge in [-0.1, -0.05) is 6.92 Å². The second-order valence-corrected chi connectivity index (χ2v) is 4.80. The van der Waals surface area contributed by atoms with Crippen LogP contribution in [-0.4, -0.2) is 35.0 Å². The number of hydrogen-bond donors (Lipinski definition) is 1. The molecule has 1 aromatic rings. The summed E-state index contributed by atoms with van der Waals surface area (Å²) < 4.78 is 1.91. The zero-order chi connectivity index (χ0) is 11.7. The molecule has 2 rings (SSSR count). The summed E-state index contributed by atoms with van der Waals surface area (Å²) in [6.07, 6.45) is 3.31. The van der Waals surface area contributed by atoms with Crippen LogP contribution in [0, 0.1) is 6.92 Å². The number of nitrogens with one attached hydrogen (secondary N) is 1. The van der Waals surface area contributed by atoms with Crippen LogP contribution in [0.4, 0.5) is 5.69 Å². The Bertz CT molecular complexity index is 358. The molecule has 0 amide bonds. The third-order valence-corrected chi connectivity index (χ3v) is 3.38. The molecule has 0 saturated carbocycles. The summed E-state index contributed by atoms with van der Waals surface area (Å²) >= 11 is 0. The summed E-state index contributed by atoms with van der Waals surface area (Å²) in [7, 11) is 1.99. The smallest absolute Gasteiger partial charge is 0.0827 e. The first-order chi connectivity index (χ1) is 7.61. The van der Waals surface area contributed by atoms with E-state index in [2.05, 4.69) is 42.3 Å². The Morgan fingerprint density at radius 3 is 2.88 bits per heavy atom. The molecule has 1 saturated heterocycles. The lowest BCUT2D eigenvalue weighted by Gasteiger charge is -2.40. The first kappa shape index (κ1) is 11.5. The quantitative estimate of drug-likeness (QED) is 0.819. The fourth-order valence-electron chi connectivity index (χ4n) is 2.48. The predicted molar refractivity (Wildman–Crippen MR) is 66.8 cm³/mol. The zero-order valence-corrected chi connectivity index (χ0v) is 10.7. The van der Waals surface area contributed by atoms with Crippen molar-refractivity contribution in [3.05, 3.63) is 11.9 Å². The Hall–Kier alpha value is -1.03. The van der Waals surface area contributed by atoms with Crippen LogP contribution in [0.15, 0.2) is 6.20 Å². The lowest BCUT2D eigenvalue weighted by Crippen LogP contribution is -2.55. The highest BCUT2D eigenvalue weighted by Crippen LogP contribution is 2.24. The normalized spacial score (nSPS) is 26.1. The molecule has 2 heterocycles. The minimum atomic E-state index is 0.558. The summed E-state index contributed by atoms with van der Waals surface area (Å²) in [5.74, 6) is 0. The van der Waals surface area contributed by atoms with Crippen molar-refractivity contribution < 1.29 is 0 Å². The molecule has 2 atom stereocenters. The summed E-state index contributed by atoms with van der Waals surface area (Å²) in [6, 6.07) is 1.15. The molecule has 90 valence electrons. The predicted octanol–water partition coefficient (Wildman–Crippen LogP) is 1.31. The molecule has 0 aliphatic carbocycles. The highest BCUT2D eigenvalue weighted by molar-refractivity contribution is 5.50. The Labute approximate surface area is 97.6 Å². The Morgan fingerprint density at radius 1 is 1.56 bits per heavy atom. The van der Waals surface area contributed by atoms with Crippen LogP contribution in [0.25, 0.3) is 0 Å². The van der Waals surface area contributed by atoms with Crippen molar-refractivity contribution in [1.82, 2.24) is 15.1 Å². The van der Waals surface area contributed by atoms with Gasteiger partial charge in [-0.2, -0.15) is 5.10 Å². The monoisotopic (exact) mass is 222 g/mol. The maximum Gasteiger partial charge on any atom is 0.0827 e. The summed E-state index contributed by atoms with van der Waals surface area (Å²) in [4.78, 5) is 2.50. The Kier molecular flexibility index (Phi) is 3.19. The SMILES string of the molecule is CCC1CNC(C)CN1c1cn(C)nc1C. The molecule has 1 aliphatic rings. The van der Waals surface area contributed by atoms with E-state index in [-0.39, 0.29) is 0 Å². The minimum absolute atomic E-state index is 0.558. The van der Waals surface area contributed by atoms with E-state index in [1.165, 1.54) is 12.1 Å². The van der Waals surface area contributed by atoms with E-state index >= 15 is 0 Å². The molecule has 4 nitrogen and oxygen atoms in total. The Morgan fingerprint density at radius 2 is 2.31 bits per heavy atom. The molecule has 0 bridgehead atoms. The van der Waals surface area contributed by atoms with Crippen LogP contribution in [-0.2, 0) is 7.05 Å². The fourth-order valence-corrected chi connectivity index (χ4v) is 2.48. The van der Waals surface area contributed by atoms with Crippen molar-refractivity contribution in [3.8, 4) is 0 Å². The van der Waals surface area contributed by atoms with Crippen molar-refractivity contribution in [3.63, 3.8) is 0 Å². The van der Waals surface area contributed by atoms with E-state index in [0.717, 1.165) is 18.8 Å². The summed E-state index contributed by atoms with van der Waals surface area (Å²) in [6.45, 7) is 8.73. The number of anilines is 1. The second kappa shape index (κ2) is 4.45. The van der Waals surface area contributed by atoms with Gasteiger partial charge in [0.15, 0.2) is 0 Å². The van der Waals surface area contributed by atoms with E-state index in [1.54, 1.807) is 0 Å². The lowest BCUT2D eigenvalue weighted by atomic mass is 10.1. The highest BCUT2D eigenvalue weighted by atomic mass is 15.3. The molecule has 1 aromatic heterocycles. The number of piperazine rings is 1. The van der Waals surface area contributed by atoms with E-state index in [4.69, 9.17) is 0 Å². The van der Waals surface area contributed by atoms with Crippen LogP contribution in [0.5, 0.6) is 0 Å². The van der Waals surface area contributed by atoms with Gasteiger partial charge in [-0.25, -0.2) is 0 Å². The number of hydrogen-bond acceptors (Lipinski definition) is 3. The van der Waals surface area contributed by atoms with Gasteiger partial charge < -0.3 is 10.2 Å². The van der Waals surface area contributed by atoms with Crippen molar-refractivity contribution in [2.24, 2.45) is 7.05 Å². The van der Waals surface area contributed by atoms with Gasteiger partial charge >= 0.3 is 0 Å². The molecule has 4 heteroatoms. The van der Waals surface area contributed by atoms with Crippen molar-refractivity contribution in [2.45, 2.75) is 39.3 Å². The van der Waals surface area contributed by atoms with E-state index in [0.29, 0.717) is 12.1 Å². The maximum absolute atomic E-state index is 4.43. The number of aromatic nitrogens is 2. The van der Waals surface area contributed by atoms with Gasteiger partial charge in [0.1, 0.15) is 0 Å². The molecule has 0 aromatic carbocycles. The topological polar surface area (TPSA) is 33.1 Å². The molecule has 2 unspecified atom stereocenters. The first-order valence-electron chi connectivity index (χ1n) is 6.12. The van der Waals surface area contributed by atoms with Gasteiger partial charge in [-0.3, -0.25) is 4.68 Å². The van der Waals surface area contributed by atoms with Crippen LogP contribution in [0.2, 0.25) is 0 Å². The zero-order valence-electron chi connectivity index (χ0n) is 10.7. The van der Waals surface area contributed by atoms with Crippen LogP contribution >= 0.6 is 0 Å². The standard InChI is InChI=1S/C12H22N4/c1-5-11-6-13-9(2)7-16(11)12-8-15(4)14-10(12)3/h8-9,11,13H,5-7H2,1-4H3. The van der Waals surface area contributed by atoms with Crippen molar-refractivity contribution >= 4 is 5.69 Å². The van der Waals surface area contributed by atoms with Gasteiger partial charge in [0, 0.05) is 38.4 Å². The number of nitrogens with zero attached hydrogens (tertiary/aromatic N) is 3. The van der Waals surface area contributed by atoms with Crippen LogP contribution in [0.1, 0.15) is 26.0 Å². The molecule has 1 fully saturated rings. The third kappa shape index (κ3) is 2.07. The van der Waals surface area contributed by atoms with E-state index in [1.807, 2.05) is 11.7 Å². The van der Waals surface area contributed by atoms with E-state index < -0.39 is 0 Å². The van der Waals surface area contributed by atoms with Gasteiger partial charge in [-0.05, 0) is 20.3 Å². The van der Waals surface area contributed by atoms with Gasteiger partial charge in [0.05, 0.1) is 11.4 Å². The molecule has 0 spiro atoms. The molecular formula is C12H22N4. The van der Waals surface area contributed by atoms with E-state index in [9.17, 15) is 0 Å². The fraction of sp³-hybridized carbons (Fsp3) is 0.750. The molecule has 1 aliphatic heterocycles. The van der Waals surface area contributed by atoms with Crippen LogP contribution < -0.4 is 10.2 Å². The summed E-state index contributed by atoms with van der Waals surface area (Å²) in [5.41, 5.74) is 2.43. The van der Waals surface area contributed by atoms with Crippen LogP contribution in [0.3, 0.4) is 0 Å². The largest absolute Gasteiger partial charge is 0.363 e. The first-order valence-corrected chi connectivity index (χ1v) is 6.12. The number of aryl methyl sites for hydroxylation is 2. The maximum atomic E-state index is 4.43. The summed E-state index contributed by atoms with van der Waals surface area (Å²) in [5, 5.41) is 7.97. The van der Waals surface area contributed by atoms with Crippen molar-refractivity contribution in [1.29, 1.82) is 0 Å².